The van der Waals surface area contributed by atoms with Gasteiger partial charge in [-0.15, -0.1) is 0 Å². The molecular weight excluding hydrogens is 320 g/mol. The van der Waals surface area contributed by atoms with E-state index < -0.39 is 0 Å². The molecule has 1 aliphatic rings. The zero-order valence-corrected chi connectivity index (χ0v) is 14.4. The van der Waals surface area contributed by atoms with Gasteiger partial charge < -0.3 is 5.11 Å². The van der Waals surface area contributed by atoms with Crippen molar-refractivity contribution >= 4 is 34.6 Å². The first-order valence-corrected chi connectivity index (χ1v) is 8.53. The molecule has 0 spiro atoms. The Hall–Kier alpha value is -2.53. The molecule has 122 valence electrons. The van der Waals surface area contributed by atoms with Crippen molar-refractivity contribution in [1.29, 1.82) is 0 Å². The van der Waals surface area contributed by atoms with E-state index in [0.717, 1.165) is 12.1 Å². The highest BCUT2D eigenvalue weighted by Gasteiger charge is 2.30. The van der Waals surface area contributed by atoms with E-state index in [-0.39, 0.29) is 11.7 Å². The van der Waals surface area contributed by atoms with E-state index in [1.165, 1.54) is 22.2 Å². The summed E-state index contributed by atoms with van der Waals surface area (Å²) in [5, 5.41) is 10.5. The molecule has 2 aromatic rings. The number of aliphatic imine (C=N–C) groups is 1. The fraction of sp³-hybridized carbons (Fsp3) is 0.158. The van der Waals surface area contributed by atoms with Gasteiger partial charge in [0.1, 0.15) is 5.75 Å². The molecule has 0 unspecified atom stereocenters. The minimum Gasteiger partial charge on any atom is -0.507 e. The number of carbonyl (C=O) groups is 1. The number of thioether (sulfide) groups is 1. The Balaban J connectivity index is 1.88. The van der Waals surface area contributed by atoms with E-state index >= 15 is 0 Å². The Labute approximate surface area is 145 Å². The van der Waals surface area contributed by atoms with Crippen LogP contribution in [0.5, 0.6) is 5.75 Å². The number of hydrogen-bond donors (Lipinski definition) is 1. The van der Waals surface area contributed by atoms with Crippen LogP contribution in [0.1, 0.15) is 18.1 Å². The summed E-state index contributed by atoms with van der Waals surface area (Å²) in [4.78, 5) is 19.0. The van der Waals surface area contributed by atoms with Gasteiger partial charge in [-0.25, -0.2) is 4.99 Å². The highest BCUT2D eigenvalue weighted by atomic mass is 32.2. The molecule has 24 heavy (non-hydrogen) atoms. The van der Waals surface area contributed by atoms with Crippen molar-refractivity contribution in [3.05, 3.63) is 64.6 Å². The van der Waals surface area contributed by atoms with Crippen molar-refractivity contribution in [2.24, 2.45) is 4.99 Å². The number of hydrogen-bond acceptors (Lipinski definition) is 4. The molecule has 3 rings (SSSR count). The summed E-state index contributed by atoms with van der Waals surface area (Å²) in [6.07, 6.45) is 2.68. The van der Waals surface area contributed by atoms with Crippen molar-refractivity contribution in [3.8, 4) is 5.75 Å². The molecule has 0 aromatic heterocycles. The number of likely N-dealkylation sites (N-methyl/N-ethyl adjacent to an activating group) is 1. The van der Waals surface area contributed by atoms with Crippen LogP contribution in [0, 0.1) is 0 Å². The molecule has 1 fully saturated rings. The van der Waals surface area contributed by atoms with Gasteiger partial charge in [0.2, 0.25) is 0 Å². The van der Waals surface area contributed by atoms with Crippen molar-refractivity contribution in [2.45, 2.75) is 13.3 Å². The zero-order chi connectivity index (χ0) is 17.1. The highest BCUT2D eigenvalue weighted by Crippen LogP contribution is 2.34. The Bertz CT molecular complexity index is 826. The quantitative estimate of drug-likeness (QED) is 0.854. The molecule has 4 nitrogen and oxygen atoms in total. The minimum absolute atomic E-state index is 0.118. The number of nitrogens with zero attached hydrogens (tertiary/aromatic N) is 2. The number of para-hydroxylation sites is 1. The molecule has 1 N–H and O–H groups in total. The SMILES string of the molecule is CCc1ccc(N=C2SC(=Cc3ccccc3O)C(=O)N2C)cc1. The molecule has 0 saturated carbocycles. The number of carbonyl (C=O) groups excluding carboxylic acids is 1. The molecule has 1 saturated heterocycles. The molecule has 0 atom stereocenters. The first kappa shape index (κ1) is 16.3. The van der Waals surface area contributed by atoms with Crippen LogP contribution >= 0.6 is 11.8 Å². The topological polar surface area (TPSA) is 52.9 Å². The fourth-order valence-corrected chi connectivity index (χ4v) is 3.30. The number of phenols is 1. The lowest BCUT2D eigenvalue weighted by Gasteiger charge is -2.07. The summed E-state index contributed by atoms with van der Waals surface area (Å²) in [5.41, 5.74) is 2.69. The maximum Gasteiger partial charge on any atom is 0.266 e. The zero-order valence-electron chi connectivity index (χ0n) is 13.6. The number of aromatic hydroxyl groups is 1. The maximum absolute atomic E-state index is 12.4. The maximum atomic E-state index is 12.4. The van der Waals surface area contributed by atoms with Crippen LogP contribution in [0.4, 0.5) is 5.69 Å². The van der Waals surface area contributed by atoms with Gasteiger partial charge >= 0.3 is 0 Å². The number of phenolic OH excluding ortho intramolecular Hbond substituents is 1. The Morgan fingerprint density at radius 1 is 1.17 bits per heavy atom. The minimum atomic E-state index is -0.118. The first-order valence-electron chi connectivity index (χ1n) is 7.71. The van der Waals surface area contributed by atoms with Gasteiger partial charge in [-0.1, -0.05) is 37.3 Å². The van der Waals surface area contributed by atoms with Gasteiger partial charge in [0.15, 0.2) is 5.17 Å². The first-order chi connectivity index (χ1) is 11.6. The smallest absolute Gasteiger partial charge is 0.266 e. The van der Waals surface area contributed by atoms with Crippen molar-refractivity contribution in [2.75, 3.05) is 7.05 Å². The largest absolute Gasteiger partial charge is 0.507 e. The molecule has 5 heteroatoms. The standard InChI is InChI=1S/C19H18N2O2S/c1-3-13-8-10-15(11-9-13)20-19-21(2)18(23)17(24-19)12-14-6-4-5-7-16(14)22/h4-12,22H,3H2,1-2H3. The van der Waals surface area contributed by atoms with Crippen LogP contribution in [-0.4, -0.2) is 28.1 Å². The lowest BCUT2D eigenvalue weighted by Crippen LogP contribution is -2.23. The second kappa shape index (κ2) is 6.93. The normalized spacial score (nSPS) is 17.9. The molecule has 2 aromatic carbocycles. The van der Waals surface area contributed by atoms with Crippen LogP contribution in [-0.2, 0) is 11.2 Å². The summed E-state index contributed by atoms with van der Waals surface area (Å²) in [6, 6.07) is 14.9. The lowest BCUT2D eigenvalue weighted by molar-refractivity contribution is -0.121. The average molecular weight is 338 g/mol. The predicted molar refractivity (Wildman–Crippen MR) is 99.4 cm³/mol. The number of amides is 1. The van der Waals surface area contributed by atoms with Crippen LogP contribution in [0.15, 0.2) is 58.4 Å². The van der Waals surface area contributed by atoms with Crippen LogP contribution in [0.25, 0.3) is 6.08 Å². The average Bonchev–Trinajstić information content (AvgIpc) is 2.86. The summed E-state index contributed by atoms with van der Waals surface area (Å²) in [7, 11) is 1.71. The van der Waals surface area contributed by atoms with E-state index in [1.807, 2.05) is 30.3 Å². The molecule has 1 amide bonds. The second-order valence-corrected chi connectivity index (χ2v) is 6.46. The monoisotopic (exact) mass is 338 g/mol. The summed E-state index contributed by atoms with van der Waals surface area (Å²) >= 11 is 1.31. The van der Waals surface area contributed by atoms with Crippen molar-refractivity contribution < 1.29 is 9.90 Å². The number of amidine groups is 1. The Kier molecular flexibility index (Phi) is 4.71. The van der Waals surface area contributed by atoms with Crippen LogP contribution in [0.3, 0.4) is 0 Å². The van der Waals surface area contributed by atoms with E-state index in [4.69, 9.17) is 0 Å². The van der Waals surface area contributed by atoms with E-state index in [0.29, 0.717) is 15.6 Å². The molecule has 1 heterocycles. The van der Waals surface area contributed by atoms with Crippen molar-refractivity contribution in [3.63, 3.8) is 0 Å². The van der Waals surface area contributed by atoms with E-state index in [1.54, 1.807) is 31.3 Å². The molecule has 1 aliphatic heterocycles. The van der Waals surface area contributed by atoms with Crippen molar-refractivity contribution in [1.82, 2.24) is 4.90 Å². The van der Waals surface area contributed by atoms with E-state index in [2.05, 4.69) is 11.9 Å². The Morgan fingerprint density at radius 2 is 1.88 bits per heavy atom. The highest BCUT2D eigenvalue weighted by molar-refractivity contribution is 8.18. The number of rotatable bonds is 3. The van der Waals surface area contributed by atoms with E-state index in [9.17, 15) is 9.90 Å². The third-order valence-corrected chi connectivity index (χ3v) is 4.86. The second-order valence-electron chi connectivity index (χ2n) is 5.45. The predicted octanol–water partition coefficient (Wildman–Crippen LogP) is 4.19. The fourth-order valence-electron chi connectivity index (χ4n) is 2.32. The van der Waals surface area contributed by atoms with Crippen LogP contribution in [0.2, 0.25) is 0 Å². The van der Waals surface area contributed by atoms with Gasteiger partial charge in [-0.05, 0) is 48.0 Å². The molecular formula is C19H18N2O2S. The lowest BCUT2D eigenvalue weighted by atomic mass is 10.2. The van der Waals surface area contributed by atoms with Gasteiger partial charge in [-0.3, -0.25) is 9.69 Å². The van der Waals surface area contributed by atoms with Gasteiger partial charge in [0.25, 0.3) is 5.91 Å². The molecule has 0 aliphatic carbocycles. The third-order valence-electron chi connectivity index (χ3n) is 3.80. The van der Waals surface area contributed by atoms with Gasteiger partial charge in [0, 0.05) is 12.6 Å². The number of aryl methyl sites for hydroxylation is 1. The van der Waals surface area contributed by atoms with Crippen LogP contribution < -0.4 is 0 Å². The Morgan fingerprint density at radius 3 is 2.54 bits per heavy atom. The third kappa shape index (κ3) is 3.36. The molecule has 0 bridgehead atoms. The van der Waals surface area contributed by atoms with Gasteiger partial charge in [-0.2, -0.15) is 0 Å². The summed E-state index contributed by atoms with van der Waals surface area (Å²) in [6.45, 7) is 2.11. The summed E-state index contributed by atoms with van der Waals surface area (Å²) in [5.74, 6) is 0.0359. The van der Waals surface area contributed by atoms with Gasteiger partial charge in [0.05, 0.1) is 10.6 Å². The number of benzene rings is 2. The molecule has 0 radical (unpaired) electrons. The summed E-state index contributed by atoms with van der Waals surface area (Å²) < 4.78 is 0.